The monoisotopic (exact) mass is 226 g/mol. The highest BCUT2D eigenvalue weighted by molar-refractivity contribution is 5.45. The van der Waals surface area contributed by atoms with Crippen molar-refractivity contribution < 1.29 is 0 Å². The van der Waals surface area contributed by atoms with E-state index in [1.807, 2.05) is 23.7 Å². The van der Waals surface area contributed by atoms with Crippen molar-refractivity contribution in [2.75, 3.05) is 0 Å². The number of imidazole rings is 1. The number of hydrogen-bond acceptors (Lipinski definition) is 3. The van der Waals surface area contributed by atoms with E-state index < -0.39 is 0 Å². The van der Waals surface area contributed by atoms with E-state index in [-0.39, 0.29) is 10.8 Å². The molecule has 1 aliphatic carbocycles. The minimum Gasteiger partial charge on any atom is -0.291 e. The lowest BCUT2D eigenvalue weighted by atomic mass is 9.91. The van der Waals surface area contributed by atoms with Gasteiger partial charge in [0.15, 0.2) is 0 Å². The Balaban J connectivity index is 2.17. The molecule has 2 aromatic rings. The Kier molecular flexibility index (Phi) is 1.73. The Labute approximate surface area is 99.9 Å². The molecule has 0 radical (unpaired) electrons. The fourth-order valence-electron chi connectivity index (χ4n) is 2.59. The van der Waals surface area contributed by atoms with Crippen LogP contribution >= 0.6 is 0 Å². The summed E-state index contributed by atoms with van der Waals surface area (Å²) in [7, 11) is 0. The molecule has 4 heteroatoms. The van der Waals surface area contributed by atoms with Gasteiger partial charge >= 0.3 is 0 Å². The fraction of sp³-hybridized carbons (Fsp3) is 0.462. The molecular formula is C13H14N4. The van der Waals surface area contributed by atoms with Crippen LogP contribution in [0.4, 0.5) is 0 Å². The molecule has 1 fully saturated rings. The smallest absolute Gasteiger partial charge is 0.233 e. The van der Waals surface area contributed by atoms with Crippen LogP contribution in [0.2, 0.25) is 0 Å². The Hall–Kier alpha value is -1.89. The molecule has 0 amide bonds. The van der Waals surface area contributed by atoms with Gasteiger partial charge in [0.05, 0.1) is 17.2 Å². The summed E-state index contributed by atoms with van der Waals surface area (Å²) in [5.74, 6) is 0.692. The molecule has 0 aliphatic heterocycles. The van der Waals surface area contributed by atoms with Gasteiger partial charge in [-0.3, -0.25) is 4.40 Å². The van der Waals surface area contributed by atoms with Crippen molar-refractivity contribution in [1.82, 2.24) is 14.4 Å². The topological polar surface area (TPSA) is 54.0 Å². The number of fused-ring (bicyclic) bond motifs is 1. The normalized spacial score (nSPS) is 25.8. The molecule has 0 bridgehead atoms. The Morgan fingerprint density at radius 2 is 2.12 bits per heavy atom. The number of nitrogens with zero attached hydrogens (tertiary/aromatic N) is 4. The van der Waals surface area contributed by atoms with Gasteiger partial charge in [0, 0.05) is 24.2 Å². The third kappa shape index (κ3) is 1.22. The maximum Gasteiger partial charge on any atom is 0.233 e. The van der Waals surface area contributed by atoms with E-state index in [2.05, 4.69) is 29.9 Å². The molecule has 1 saturated carbocycles. The second-order valence-electron chi connectivity index (χ2n) is 5.51. The van der Waals surface area contributed by atoms with E-state index in [4.69, 9.17) is 0 Å². The summed E-state index contributed by atoms with van der Waals surface area (Å²) in [5.41, 5.74) is 1.62. The third-order valence-electron chi connectivity index (χ3n) is 3.85. The number of rotatable bonds is 1. The maximum atomic E-state index is 9.42. The van der Waals surface area contributed by atoms with Crippen molar-refractivity contribution in [3.8, 4) is 6.07 Å². The second-order valence-corrected chi connectivity index (χ2v) is 5.51. The van der Waals surface area contributed by atoms with Gasteiger partial charge in [-0.25, -0.2) is 9.97 Å². The lowest BCUT2D eigenvalue weighted by Gasteiger charge is -2.11. The highest BCUT2D eigenvalue weighted by atomic mass is 15.1. The van der Waals surface area contributed by atoms with Crippen LogP contribution in [0.15, 0.2) is 18.6 Å². The molecule has 2 heterocycles. The van der Waals surface area contributed by atoms with Gasteiger partial charge in [0.2, 0.25) is 5.78 Å². The minimum atomic E-state index is -0.369. The molecule has 0 spiro atoms. The predicted molar refractivity (Wildman–Crippen MR) is 63.4 cm³/mol. The zero-order valence-electron chi connectivity index (χ0n) is 10.2. The van der Waals surface area contributed by atoms with Crippen LogP contribution < -0.4 is 0 Å². The Bertz CT molecular complexity index is 647. The molecule has 86 valence electrons. The highest BCUT2D eigenvalue weighted by Gasteiger charge is 2.63. The van der Waals surface area contributed by atoms with Crippen LogP contribution in [0.3, 0.4) is 0 Å². The standard InChI is InChI=1S/C13H14N4/c1-9-5-17-6-10(4-15-11(17)16-9)13(8-14)7-12(13,2)3/h4-6H,7H2,1-3H3. The number of aryl methyl sites for hydroxylation is 1. The molecule has 4 nitrogen and oxygen atoms in total. The van der Waals surface area contributed by atoms with Gasteiger partial charge in [0.1, 0.15) is 0 Å². The maximum absolute atomic E-state index is 9.42. The second kappa shape index (κ2) is 2.86. The van der Waals surface area contributed by atoms with Crippen LogP contribution in [0, 0.1) is 23.7 Å². The zero-order valence-corrected chi connectivity index (χ0v) is 10.2. The summed E-state index contributed by atoms with van der Waals surface area (Å²) in [6.07, 6.45) is 6.61. The van der Waals surface area contributed by atoms with Crippen molar-refractivity contribution in [3.63, 3.8) is 0 Å². The predicted octanol–water partition coefficient (Wildman–Crippen LogP) is 2.23. The molecule has 1 unspecified atom stereocenters. The van der Waals surface area contributed by atoms with Crippen LogP contribution in [0.5, 0.6) is 0 Å². The van der Waals surface area contributed by atoms with Crippen LogP contribution in [-0.4, -0.2) is 14.4 Å². The zero-order chi connectivity index (χ0) is 12.3. The molecule has 17 heavy (non-hydrogen) atoms. The number of nitriles is 1. The van der Waals surface area contributed by atoms with Crippen LogP contribution in [-0.2, 0) is 5.41 Å². The molecular weight excluding hydrogens is 212 g/mol. The van der Waals surface area contributed by atoms with Gasteiger partial charge in [-0.2, -0.15) is 5.26 Å². The molecule has 3 rings (SSSR count). The van der Waals surface area contributed by atoms with E-state index in [1.165, 1.54) is 0 Å². The number of hydrogen-bond donors (Lipinski definition) is 0. The summed E-state index contributed by atoms with van der Waals surface area (Å²) in [4.78, 5) is 8.61. The average Bonchev–Trinajstić information content (AvgIpc) is 2.65. The van der Waals surface area contributed by atoms with E-state index in [9.17, 15) is 5.26 Å². The van der Waals surface area contributed by atoms with Gasteiger partial charge in [-0.15, -0.1) is 0 Å². The summed E-state index contributed by atoms with van der Waals surface area (Å²) in [5, 5.41) is 9.42. The average molecular weight is 226 g/mol. The summed E-state index contributed by atoms with van der Waals surface area (Å²) < 4.78 is 1.90. The Morgan fingerprint density at radius 1 is 1.41 bits per heavy atom. The Morgan fingerprint density at radius 3 is 2.71 bits per heavy atom. The van der Waals surface area contributed by atoms with Gasteiger partial charge in [-0.1, -0.05) is 13.8 Å². The van der Waals surface area contributed by atoms with Gasteiger partial charge < -0.3 is 0 Å². The molecule has 0 saturated heterocycles. The first kappa shape index (κ1) is 10.3. The third-order valence-corrected chi connectivity index (χ3v) is 3.85. The van der Waals surface area contributed by atoms with E-state index in [1.54, 1.807) is 6.20 Å². The van der Waals surface area contributed by atoms with Gasteiger partial charge in [-0.05, 0) is 18.8 Å². The molecule has 0 aromatic carbocycles. The largest absolute Gasteiger partial charge is 0.291 e. The lowest BCUT2D eigenvalue weighted by molar-refractivity contribution is 0.567. The van der Waals surface area contributed by atoms with E-state index in [0.29, 0.717) is 5.78 Å². The fourth-order valence-corrected chi connectivity index (χ4v) is 2.59. The summed E-state index contributed by atoms with van der Waals surface area (Å²) in [6.45, 7) is 6.19. The van der Waals surface area contributed by atoms with Gasteiger partial charge in [0.25, 0.3) is 0 Å². The first-order chi connectivity index (χ1) is 7.98. The van der Waals surface area contributed by atoms with Crippen LogP contribution in [0.1, 0.15) is 31.5 Å². The SMILES string of the molecule is Cc1cn2cc(C3(C#N)CC3(C)C)cnc2n1. The molecule has 1 atom stereocenters. The van der Waals surface area contributed by atoms with Crippen LogP contribution in [0.25, 0.3) is 5.78 Å². The van der Waals surface area contributed by atoms with E-state index in [0.717, 1.165) is 17.7 Å². The summed E-state index contributed by atoms with van der Waals surface area (Å²) >= 11 is 0. The highest BCUT2D eigenvalue weighted by Crippen LogP contribution is 2.63. The van der Waals surface area contributed by atoms with Crippen molar-refractivity contribution in [2.45, 2.75) is 32.6 Å². The quantitative estimate of drug-likeness (QED) is 0.749. The van der Waals surface area contributed by atoms with Crippen molar-refractivity contribution in [3.05, 3.63) is 29.8 Å². The minimum absolute atomic E-state index is 0.0483. The molecule has 1 aliphatic rings. The van der Waals surface area contributed by atoms with Crippen molar-refractivity contribution in [1.29, 1.82) is 5.26 Å². The first-order valence-electron chi connectivity index (χ1n) is 5.72. The molecule has 2 aromatic heterocycles. The molecule has 0 N–H and O–H groups in total. The lowest BCUT2D eigenvalue weighted by Crippen LogP contribution is -2.13. The number of aromatic nitrogens is 3. The van der Waals surface area contributed by atoms with Crippen molar-refractivity contribution >= 4 is 5.78 Å². The summed E-state index contributed by atoms with van der Waals surface area (Å²) in [6, 6.07) is 2.46. The van der Waals surface area contributed by atoms with E-state index >= 15 is 0 Å². The first-order valence-corrected chi connectivity index (χ1v) is 5.72. The van der Waals surface area contributed by atoms with Crippen molar-refractivity contribution in [2.24, 2.45) is 5.41 Å².